The van der Waals surface area contributed by atoms with Crippen LogP contribution in [0.25, 0.3) is 0 Å². The molecule has 2 fully saturated rings. The molecule has 0 aliphatic heterocycles. The highest BCUT2D eigenvalue weighted by Crippen LogP contribution is 2.51. The van der Waals surface area contributed by atoms with Gasteiger partial charge in [0.05, 0.1) is 5.60 Å². The Hall–Kier alpha value is -0.300. The molecular formula is C11H18O. The van der Waals surface area contributed by atoms with E-state index in [2.05, 4.69) is 6.58 Å². The Balaban J connectivity index is 2.05. The van der Waals surface area contributed by atoms with Crippen LogP contribution in [0.1, 0.15) is 38.5 Å². The molecule has 2 aliphatic carbocycles. The Kier molecular flexibility index (Phi) is 1.99. The molecule has 3 unspecified atom stereocenters. The maximum absolute atomic E-state index is 10.0. The minimum Gasteiger partial charge on any atom is -0.385 e. The molecule has 0 aromatic carbocycles. The second kappa shape index (κ2) is 2.88. The molecule has 3 atom stereocenters. The highest BCUT2D eigenvalue weighted by molar-refractivity contribution is 5.11. The summed E-state index contributed by atoms with van der Waals surface area (Å²) in [5, 5.41) is 10.0. The van der Waals surface area contributed by atoms with Crippen LogP contribution in [0.5, 0.6) is 0 Å². The fourth-order valence-electron chi connectivity index (χ4n) is 2.93. The summed E-state index contributed by atoms with van der Waals surface area (Å²) in [5.41, 5.74) is -0.491. The molecule has 0 aromatic heterocycles. The average molecular weight is 166 g/mol. The van der Waals surface area contributed by atoms with Crippen LogP contribution in [0, 0.1) is 11.8 Å². The fraction of sp³-hybridized carbons (Fsp3) is 0.818. The van der Waals surface area contributed by atoms with Gasteiger partial charge in [0.2, 0.25) is 0 Å². The first-order valence-corrected chi connectivity index (χ1v) is 5.12. The second-order valence-electron chi connectivity index (χ2n) is 4.40. The van der Waals surface area contributed by atoms with Gasteiger partial charge in [0, 0.05) is 0 Å². The van der Waals surface area contributed by atoms with Gasteiger partial charge < -0.3 is 5.11 Å². The largest absolute Gasteiger partial charge is 0.385 e. The third kappa shape index (κ3) is 1.11. The lowest BCUT2D eigenvalue weighted by atomic mass is 9.59. The Bertz CT molecular complexity index is 187. The summed E-state index contributed by atoms with van der Waals surface area (Å²) in [6, 6.07) is 0. The first-order valence-electron chi connectivity index (χ1n) is 5.12. The molecule has 0 bridgehead atoms. The van der Waals surface area contributed by atoms with E-state index >= 15 is 0 Å². The minimum atomic E-state index is -0.491. The van der Waals surface area contributed by atoms with Crippen LogP contribution in [0.2, 0.25) is 0 Å². The van der Waals surface area contributed by atoms with Crippen LogP contribution in [0.15, 0.2) is 12.7 Å². The summed E-state index contributed by atoms with van der Waals surface area (Å²) in [7, 11) is 0. The average Bonchev–Trinajstić information content (AvgIpc) is 2.26. The van der Waals surface area contributed by atoms with Gasteiger partial charge in [0.1, 0.15) is 0 Å². The van der Waals surface area contributed by atoms with Crippen molar-refractivity contribution < 1.29 is 5.11 Å². The summed E-state index contributed by atoms with van der Waals surface area (Å²) in [6.07, 6.45) is 9.32. The Labute approximate surface area is 74.5 Å². The third-order valence-corrected chi connectivity index (χ3v) is 3.74. The first-order chi connectivity index (χ1) is 5.76. The van der Waals surface area contributed by atoms with E-state index in [1.807, 2.05) is 0 Å². The number of rotatable bonds is 1. The molecule has 0 amide bonds. The highest BCUT2D eigenvalue weighted by Gasteiger charge is 2.50. The molecule has 1 N–H and O–H groups in total. The zero-order valence-electron chi connectivity index (χ0n) is 7.63. The predicted molar refractivity (Wildman–Crippen MR) is 49.8 cm³/mol. The minimum absolute atomic E-state index is 0.491. The van der Waals surface area contributed by atoms with Crippen LogP contribution < -0.4 is 0 Å². The Morgan fingerprint density at radius 3 is 2.75 bits per heavy atom. The molecule has 2 rings (SSSR count). The van der Waals surface area contributed by atoms with Crippen molar-refractivity contribution >= 4 is 0 Å². The smallest absolute Gasteiger partial charge is 0.0858 e. The summed E-state index contributed by atoms with van der Waals surface area (Å²) in [5.74, 6) is 1.34. The second-order valence-corrected chi connectivity index (χ2v) is 4.40. The van der Waals surface area contributed by atoms with Crippen LogP contribution in [-0.2, 0) is 0 Å². The number of fused-ring (bicyclic) bond motifs is 1. The van der Waals surface area contributed by atoms with Crippen LogP contribution in [-0.4, -0.2) is 10.7 Å². The maximum Gasteiger partial charge on any atom is 0.0858 e. The standard InChI is InChI=1S/C11H18O/c1-2-11(12)8-9-6-4-3-5-7-10(9)11/h2,9-10,12H,1,3-8H2. The van der Waals surface area contributed by atoms with Crippen molar-refractivity contribution in [2.24, 2.45) is 11.8 Å². The number of aliphatic hydroxyl groups is 1. The van der Waals surface area contributed by atoms with Gasteiger partial charge in [-0.2, -0.15) is 0 Å². The van der Waals surface area contributed by atoms with E-state index in [1.165, 1.54) is 32.1 Å². The van der Waals surface area contributed by atoms with Crippen molar-refractivity contribution in [1.29, 1.82) is 0 Å². The van der Waals surface area contributed by atoms with Gasteiger partial charge in [-0.1, -0.05) is 25.3 Å². The fourth-order valence-corrected chi connectivity index (χ4v) is 2.93. The van der Waals surface area contributed by atoms with Crippen molar-refractivity contribution in [3.05, 3.63) is 12.7 Å². The zero-order chi connectivity index (χ0) is 8.60. The van der Waals surface area contributed by atoms with Gasteiger partial charge in [0.25, 0.3) is 0 Å². The summed E-state index contributed by atoms with van der Waals surface area (Å²) in [6.45, 7) is 3.73. The lowest BCUT2D eigenvalue weighted by Gasteiger charge is -2.50. The molecular weight excluding hydrogens is 148 g/mol. The summed E-state index contributed by atoms with van der Waals surface area (Å²) in [4.78, 5) is 0. The van der Waals surface area contributed by atoms with Gasteiger partial charge in [-0.05, 0) is 31.1 Å². The van der Waals surface area contributed by atoms with E-state index in [4.69, 9.17) is 0 Å². The molecule has 12 heavy (non-hydrogen) atoms. The molecule has 0 saturated heterocycles. The number of hydrogen-bond donors (Lipinski definition) is 1. The molecule has 0 radical (unpaired) electrons. The van der Waals surface area contributed by atoms with E-state index in [0.29, 0.717) is 5.92 Å². The topological polar surface area (TPSA) is 20.2 Å². The quantitative estimate of drug-likeness (QED) is 0.593. The van der Waals surface area contributed by atoms with Gasteiger partial charge in [-0.3, -0.25) is 0 Å². The van der Waals surface area contributed by atoms with E-state index < -0.39 is 5.60 Å². The van der Waals surface area contributed by atoms with Crippen LogP contribution in [0.4, 0.5) is 0 Å². The maximum atomic E-state index is 10.0. The molecule has 0 spiro atoms. The molecule has 0 aromatic rings. The van der Waals surface area contributed by atoms with E-state index in [1.54, 1.807) is 6.08 Å². The zero-order valence-corrected chi connectivity index (χ0v) is 7.63. The predicted octanol–water partition coefficient (Wildman–Crippen LogP) is 2.50. The molecule has 2 aliphatic rings. The monoisotopic (exact) mass is 166 g/mol. The van der Waals surface area contributed by atoms with Gasteiger partial charge in [-0.15, -0.1) is 6.58 Å². The lowest BCUT2D eigenvalue weighted by Crippen LogP contribution is -2.51. The third-order valence-electron chi connectivity index (χ3n) is 3.74. The SMILES string of the molecule is C=CC1(O)CC2CCCCCC21. The summed E-state index contributed by atoms with van der Waals surface area (Å²) >= 11 is 0. The molecule has 2 saturated carbocycles. The van der Waals surface area contributed by atoms with Gasteiger partial charge >= 0.3 is 0 Å². The molecule has 0 heterocycles. The Morgan fingerprint density at radius 1 is 1.25 bits per heavy atom. The van der Waals surface area contributed by atoms with Crippen molar-refractivity contribution in [2.45, 2.75) is 44.1 Å². The summed E-state index contributed by atoms with van der Waals surface area (Å²) < 4.78 is 0. The van der Waals surface area contributed by atoms with Crippen molar-refractivity contribution in [3.8, 4) is 0 Å². The van der Waals surface area contributed by atoms with Crippen molar-refractivity contribution in [3.63, 3.8) is 0 Å². The first kappa shape index (κ1) is 8.31. The van der Waals surface area contributed by atoms with Crippen molar-refractivity contribution in [2.75, 3.05) is 0 Å². The van der Waals surface area contributed by atoms with E-state index in [0.717, 1.165) is 12.3 Å². The normalized spacial score (nSPS) is 47.1. The van der Waals surface area contributed by atoms with Crippen LogP contribution in [0.3, 0.4) is 0 Å². The molecule has 1 nitrogen and oxygen atoms in total. The van der Waals surface area contributed by atoms with Crippen molar-refractivity contribution in [1.82, 2.24) is 0 Å². The van der Waals surface area contributed by atoms with E-state index in [-0.39, 0.29) is 0 Å². The highest BCUT2D eigenvalue weighted by atomic mass is 16.3. The van der Waals surface area contributed by atoms with E-state index in [9.17, 15) is 5.11 Å². The van der Waals surface area contributed by atoms with Crippen LogP contribution >= 0.6 is 0 Å². The number of hydrogen-bond acceptors (Lipinski definition) is 1. The van der Waals surface area contributed by atoms with Gasteiger partial charge in [-0.25, -0.2) is 0 Å². The molecule has 68 valence electrons. The van der Waals surface area contributed by atoms with Gasteiger partial charge in [0.15, 0.2) is 0 Å². The molecule has 1 heteroatoms. The Morgan fingerprint density at radius 2 is 2.00 bits per heavy atom. The lowest BCUT2D eigenvalue weighted by molar-refractivity contribution is -0.103.